The SMILES string of the molecule is CC(C)c1ccc(N2CC(CNS(C)(=O)=O)C2)c2cnc(Nc3ccnc(-c4cn(CCO)nc4Cl)n3)cc12. The molecule has 0 spiro atoms. The molecule has 0 unspecified atom stereocenters. The van der Waals surface area contributed by atoms with Crippen LogP contribution in [0.15, 0.2) is 42.9 Å². The third-order valence-corrected chi connectivity index (χ3v) is 7.63. The summed E-state index contributed by atoms with van der Waals surface area (Å²) in [4.78, 5) is 15.9. The summed E-state index contributed by atoms with van der Waals surface area (Å²) < 4.78 is 27.0. The quantitative estimate of drug-likeness (QED) is 0.262. The molecule has 3 aromatic heterocycles. The molecule has 4 aromatic rings. The Morgan fingerprint density at radius 3 is 2.67 bits per heavy atom. The number of pyridine rings is 1. The maximum atomic E-state index is 11.4. The summed E-state index contributed by atoms with van der Waals surface area (Å²) in [6.45, 7) is 6.60. The lowest BCUT2D eigenvalue weighted by atomic mass is 9.93. The Morgan fingerprint density at radius 2 is 1.95 bits per heavy atom. The Morgan fingerprint density at radius 1 is 1.15 bits per heavy atom. The van der Waals surface area contributed by atoms with Gasteiger partial charge in [0, 0.05) is 55.2 Å². The fraction of sp³-hybridized carbons (Fsp3) is 0.385. The van der Waals surface area contributed by atoms with Gasteiger partial charge < -0.3 is 15.3 Å². The summed E-state index contributed by atoms with van der Waals surface area (Å²) in [7, 11) is -3.19. The molecule has 0 bridgehead atoms. The maximum absolute atomic E-state index is 11.4. The van der Waals surface area contributed by atoms with Crippen molar-refractivity contribution in [3.63, 3.8) is 0 Å². The fourth-order valence-electron chi connectivity index (χ4n) is 4.71. The molecule has 1 fully saturated rings. The first-order chi connectivity index (χ1) is 18.6. The van der Waals surface area contributed by atoms with Crippen LogP contribution in [0.5, 0.6) is 0 Å². The van der Waals surface area contributed by atoms with Gasteiger partial charge in [0.2, 0.25) is 10.0 Å². The Balaban J connectivity index is 1.39. The molecule has 1 saturated heterocycles. The van der Waals surface area contributed by atoms with Gasteiger partial charge in [-0.1, -0.05) is 31.5 Å². The third kappa shape index (κ3) is 6.14. The van der Waals surface area contributed by atoms with Crippen LogP contribution in [0.25, 0.3) is 22.2 Å². The number of nitrogens with zero attached hydrogens (tertiary/aromatic N) is 6. The Kier molecular flexibility index (Phi) is 7.72. The number of anilines is 3. The minimum Gasteiger partial charge on any atom is -0.394 e. The highest BCUT2D eigenvalue weighted by atomic mass is 35.5. The number of rotatable bonds is 10. The van der Waals surface area contributed by atoms with Crippen molar-refractivity contribution in [3.8, 4) is 11.4 Å². The molecule has 0 radical (unpaired) electrons. The van der Waals surface area contributed by atoms with Crippen molar-refractivity contribution in [2.24, 2.45) is 5.92 Å². The molecule has 1 aromatic carbocycles. The van der Waals surface area contributed by atoms with Crippen LogP contribution >= 0.6 is 11.6 Å². The predicted molar refractivity (Wildman–Crippen MR) is 153 cm³/mol. The van der Waals surface area contributed by atoms with E-state index in [1.165, 1.54) is 11.8 Å². The average molecular weight is 571 g/mol. The molecule has 0 atom stereocenters. The molecule has 13 heteroatoms. The second-order valence-electron chi connectivity index (χ2n) is 10.0. The monoisotopic (exact) mass is 570 g/mol. The normalized spacial score (nSPS) is 14.3. The molecule has 0 amide bonds. The minimum atomic E-state index is -3.19. The van der Waals surface area contributed by atoms with E-state index in [4.69, 9.17) is 11.6 Å². The van der Waals surface area contributed by atoms with Crippen LogP contribution in [0.4, 0.5) is 17.3 Å². The van der Waals surface area contributed by atoms with Crippen LogP contribution in [0.2, 0.25) is 5.15 Å². The molecule has 11 nitrogen and oxygen atoms in total. The second kappa shape index (κ2) is 11.0. The summed E-state index contributed by atoms with van der Waals surface area (Å²) >= 11 is 6.28. The van der Waals surface area contributed by atoms with Gasteiger partial charge in [0.25, 0.3) is 0 Å². The van der Waals surface area contributed by atoms with Crippen LogP contribution in [-0.2, 0) is 16.6 Å². The predicted octanol–water partition coefficient (Wildman–Crippen LogP) is 3.39. The number of halogens is 1. The largest absolute Gasteiger partial charge is 0.394 e. The minimum absolute atomic E-state index is 0.0493. The zero-order valence-corrected chi connectivity index (χ0v) is 23.5. The zero-order valence-electron chi connectivity index (χ0n) is 22.0. The Hall–Kier alpha value is -3.32. The summed E-state index contributed by atoms with van der Waals surface area (Å²) in [5, 5.41) is 19.1. The fourth-order valence-corrected chi connectivity index (χ4v) is 5.48. The highest BCUT2D eigenvalue weighted by Gasteiger charge is 2.29. The van der Waals surface area contributed by atoms with E-state index in [1.807, 2.05) is 12.3 Å². The average Bonchev–Trinajstić information content (AvgIpc) is 3.22. The zero-order chi connectivity index (χ0) is 27.7. The van der Waals surface area contributed by atoms with Crippen molar-refractivity contribution in [1.29, 1.82) is 0 Å². The molecule has 0 aliphatic carbocycles. The third-order valence-electron chi connectivity index (χ3n) is 6.66. The van der Waals surface area contributed by atoms with E-state index < -0.39 is 10.0 Å². The number of aliphatic hydroxyl groups is 1. The topological polar surface area (TPSA) is 138 Å². The van der Waals surface area contributed by atoms with E-state index in [9.17, 15) is 13.5 Å². The van der Waals surface area contributed by atoms with Crippen LogP contribution in [0, 0.1) is 5.92 Å². The van der Waals surface area contributed by atoms with Crippen molar-refractivity contribution in [3.05, 3.63) is 53.6 Å². The number of hydrogen-bond acceptors (Lipinski definition) is 9. The van der Waals surface area contributed by atoms with Gasteiger partial charge in [-0.05, 0) is 35.1 Å². The number of hydrogen-bond donors (Lipinski definition) is 3. The van der Waals surface area contributed by atoms with Gasteiger partial charge in [-0.25, -0.2) is 28.1 Å². The van der Waals surface area contributed by atoms with Crippen molar-refractivity contribution in [2.45, 2.75) is 26.3 Å². The van der Waals surface area contributed by atoms with E-state index in [2.05, 4.69) is 61.0 Å². The number of nitrogens with one attached hydrogen (secondary N) is 2. The molecule has 1 aliphatic rings. The smallest absolute Gasteiger partial charge is 0.208 e. The van der Waals surface area contributed by atoms with Crippen molar-refractivity contribution in [1.82, 2.24) is 29.5 Å². The second-order valence-corrected chi connectivity index (χ2v) is 12.2. The molecule has 4 heterocycles. The number of aromatic nitrogens is 5. The first kappa shape index (κ1) is 27.3. The standard InChI is InChI=1S/C26H31ClN8O3S/c1-16(2)18-4-5-22(34-13-17(14-34)11-30-39(3,37)38)20-12-29-24(10-19(18)20)31-23-6-7-28-26(32-23)21-15-35(8-9-36)33-25(21)27/h4-7,10,12,15-17,30,36H,8-9,11,13-14H2,1-3H3,(H,28,29,31,32). The van der Waals surface area contributed by atoms with Gasteiger partial charge in [-0.2, -0.15) is 5.10 Å². The van der Waals surface area contributed by atoms with Gasteiger partial charge in [0.05, 0.1) is 25.0 Å². The maximum Gasteiger partial charge on any atom is 0.208 e. The Bertz CT molecular complexity index is 1600. The van der Waals surface area contributed by atoms with Crippen LogP contribution in [0.3, 0.4) is 0 Å². The lowest BCUT2D eigenvalue weighted by Crippen LogP contribution is -2.51. The summed E-state index contributed by atoms with van der Waals surface area (Å²) in [6, 6.07) is 8.07. The molecule has 206 valence electrons. The van der Waals surface area contributed by atoms with Crippen LogP contribution in [0.1, 0.15) is 25.3 Å². The van der Waals surface area contributed by atoms with Crippen LogP contribution in [-0.4, -0.2) is 70.8 Å². The van der Waals surface area contributed by atoms with Crippen molar-refractivity contribution < 1.29 is 13.5 Å². The highest BCUT2D eigenvalue weighted by molar-refractivity contribution is 7.88. The molecular formula is C26H31ClN8O3S. The van der Waals surface area contributed by atoms with Gasteiger partial charge in [-0.15, -0.1) is 0 Å². The molecular weight excluding hydrogens is 540 g/mol. The van der Waals surface area contributed by atoms with E-state index in [0.717, 1.165) is 29.5 Å². The lowest BCUT2D eigenvalue weighted by Gasteiger charge is -2.41. The van der Waals surface area contributed by atoms with Crippen LogP contribution < -0.4 is 14.9 Å². The first-order valence-corrected chi connectivity index (χ1v) is 14.9. The van der Waals surface area contributed by atoms with E-state index >= 15 is 0 Å². The van der Waals surface area contributed by atoms with E-state index in [0.29, 0.717) is 42.0 Å². The van der Waals surface area contributed by atoms with Crippen molar-refractivity contribution in [2.75, 3.05) is 42.7 Å². The van der Waals surface area contributed by atoms with Crippen molar-refractivity contribution >= 4 is 49.7 Å². The van der Waals surface area contributed by atoms with Gasteiger partial charge in [0.1, 0.15) is 11.6 Å². The van der Waals surface area contributed by atoms with Gasteiger partial charge in [0.15, 0.2) is 11.0 Å². The molecule has 0 saturated carbocycles. The number of sulfonamides is 1. The Labute approximate surface area is 232 Å². The summed E-state index contributed by atoms with van der Waals surface area (Å²) in [6.07, 6.45) is 6.41. The van der Waals surface area contributed by atoms with E-state index in [-0.39, 0.29) is 17.7 Å². The molecule has 1 aliphatic heterocycles. The summed E-state index contributed by atoms with van der Waals surface area (Å²) in [5.74, 6) is 2.20. The lowest BCUT2D eigenvalue weighted by molar-refractivity contribution is 0.269. The molecule has 5 rings (SSSR count). The van der Waals surface area contributed by atoms with Gasteiger partial charge >= 0.3 is 0 Å². The number of aliphatic hydroxyl groups excluding tert-OH is 1. The number of benzene rings is 1. The molecule has 39 heavy (non-hydrogen) atoms. The van der Waals surface area contributed by atoms with Gasteiger partial charge in [-0.3, -0.25) is 4.68 Å². The summed E-state index contributed by atoms with van der Waals surface area (Å²) in [5.41, 5.74) is 2.87. The molecule has 3 N–H and O–H groups in total. The highest BCUT2D eigenvalue weighted by Crippen LogP contribution is 2.37. The number of fused-ring (bicyclic) bond motifs is 1. The van der Waals surface area contributed by atoms with E-state index in [1.54, 1.807) is 23.1 Å². The first-order valence-electron chi connectivity index (χ1n) is 12.7.